The highest BCUT2D eigenvalue weighted by molar-refractivity contribution is 9.10. The van der Waals surface area contributed by atoms with Gasteiger partial charge in [-0.2, -0.15) is 0 Å². The van der Waals surface area contributed by atoms with Crippen molar-refractivity contribution in [2.45, 2.75) is 38.9 Å². The van der Waals surface area contributed by atoms with Crippen LogP contribution in [-0.4, -0.2) is 18.0 Å². The minimum atomic E-state index is 0.152. The van der Waals surface area contributed by atoms with Crippen molar-refractivity contribution in [2.24, 2.45) is 5.73 Å². The molecule has 0 radical (unpaired) electrons. The Hall–Kier alpha value is -0.680. The number of rotatable bonds is 6. The predicted octanol–water partition coefficient (Wildman–Crippen LogP) is 4.73. The van der Waals surface area contributed by atoms with Gasteiger partial charge in [-0.15, -0.1) is 11.3 Å². The summed E-state index contributed by atoms with van der Waals surface area (Å²) in [7, 11) is 2.17. The summed E-state index contributed by atoms with van der Waals surface area (Å²) in [4.78, 5) is 3.76. The molecular weight excluding hydrogens is 344 g/mol. The van der Waals surface area contributed by atoms with E-state index in [1.807, 2.05) is 11.3 Å². The average molecular weight is 367 g/mol. The molecule has 21 heavy (non-hydrogen) atoms. The van der Waals surface area contributed by atoms with Gasteiger partial charge in [0.1, 0.15) is 0 Å². The highest BCUT2D eigenvalue weighted by atomic mass is 79.9. The number of benzene rings is 1. The summed E-state index contributed by atoms with van der Waals surface area (Å²) >= 11 is 5.35. The van der Waals surface area contributed by atoms with Gasteiger partial charge in [0.15, 0.2) is 0 Å². The van der Waals surface area contributed by atoms with Crippen molar-refractivity contribution in [2.75, 3.05) is 7.05 Å². The molecule has 0 amide bonds. The summed E-state index contributed by atoms with van der Waals surface area (Å²) in [6.07, 6.45) is 0.977. The molecule has 2 rings (SSSR count). The Morgan fingerprint density at radius 3 is 2.67 bits per heavy atom. The van der Waals surface area contributed by atoms with Crippen LogP contribution in [0.4, 0.5) is 0 Å². The molecule has 2 atom stereocenters. The fraction of sp³-hybridized carbons (Fsp3) is 0.412. The lowest BCUT2D eigenvalue weighted by Gasteiger charge is -2.32. The van der Waals surface area contributed by atoms with E-state index in [4.69, 9.17) is 5.73 Å². The molecule has 4 heteroatoms. The molecule has 1 aromatic carbocycles. The summed E-state index contributed by atoms with van der Waals surface area (Å²) < 4.78 is 1.12. The molecule has 0 saturated carbocycles. The van der Waals surface area contributed by atoms with Crippen molar-refractivity contribution >= 4 is 27.3 Å². The molecule has 0 aliphatic carbocycles. The lowest BCUT2D eigenvalue weighted by atomic mass is 10.0. The Bertz CT molecular complexity index is 582. The van der Waals surface area contributed by atoms with Crippen molar-refractivity contribution in [3.8, 4) is 0 Å². The first kappa shape index (κ1) is 16.7. The van der Waals surface area contributed by atoms with Crippen LogP contribution in [0.2, 0.25) is 0 Å². The molecule has 0 spiro atoms. The van der Waals surface area contributed by atoms with Crippen molar-refractivity contribution < 1.29 is 0 Å². The van der Waals surface area contributed by atoms with E-state index in [1.54, 1.807) is 0 Å². The van der Waals surface area contributed by atoms with Gasteiger partial charge in [-0.3, -0.25) is 4.90 Å². The highest BCUT2D eigenvalue weighted by Crippen LogP contribution is 2.32. The maximum atomic E-state index is 6.42. The summed E-state index contributed by atoms with van der Waals surface area (Å²) in [6.45, 7) is 5.23. The zero-order valence-electron chi connectivity index (χ0n) is 12.8. The van der Waals surface area contributed by atoms with Crippen molar-refractivity contribution in [1.82, 2.24) is 4.90 Å². The minimum Gasteiger partial charge on any atom is -0.326 e. The van der Waals surface area contributed by atoms with Gasteiger partial charge < -0.3 is 5.73 Å². The summed E-state index contributed by atoms with van der Waals surface area (Å²) in [5.41, 5.74) is 9.06. The van der Waals surface area contributed by atoms with Crippen molar-refractivity contribution in [3.05, 3.63) is 56.2 Å². The van der Waals surface area contributed by atoms with Crippen LogP contribution in [-0.2, 0) is 6.54 Å². The third kappa shape index (κ3) is 4.16. The van der Waals surface area contributed by atoms with Gasteiger partial charge in [-0.1, -0.05) is 35.0 Å². The number of halogens is 1. The molecule has 2 N–H and O–H groups in total. The first-order valence-electron chi connectivity index (χ1n) is 7.27. The monoisotopic (exact) mass is 366 g/mol. The van der Waals surface area contributed by atoms with E-state index in [-0.39, 0.29) is 12.1 Å². The highest BCUT2D eigenvalue weighted by Gasteiger charge is 2.25. The first-order chi connectivity index (χ1) is 10.0. The Morgan fingerprint density at radius 1 is 1.33 bits per heavy atom. The quantitative estimate of drug-likeness (QED) is 0.800. The van der Waals surface area contributed by atoms with Gasteiger partial charge in [0.2, 0.25) is 0 Å². The van der Waals surface area contributed by atoms with E-state index in [0.29, 0.717) is 0 Å². The molecule has 1 aromatic heterocycles. The van der Waals surface area contributed by atoms with Crippen LogP contribution < -0.4 is 5.73 Å². The van der Waals surface area contributed by atoms with E-state index in [0.717, 1.165) is 17.4 Å². The Balaban J connectivity index is 2.23. The van der Waals surface area contributed by atoms with Crippen LogP contribution in [0.25, 0.3) is 0 Å². The van der Waals surface area contributed by atoms with Crippen LogP contribution in [0.3, 0.4) is 0 Å². The van der Waals surface area contributed by atoms with Crippen LogP contribution in [0.5, 0.6) is 0 Å². The fourth-order valence-electron chi connectivity index (χ4n) is 2.65. The largest absolute Gasteiger partial charge is 0.326 e. The van der Waals surface area contributed by atoms with Crippen LogP contribution in [0, 0.1) is 6.92 Å². The van der Waals surface area contributed by atoms with Gasteiger partial charge in [0.25, 0.3) is 0 Å². The molecule has 2 unspecified atom stereocenters. The maximum Gasteiger partial charge on any atom is 0.0596 e. The van der Waals surface area contributed by atoms with E-state index >= 15 is 0 Å². The molecule has 0 bridgehead atoms. The first-order valence-corrected chi connectivity index (χ1v) is 8.94. The third-order valence-corrected chi connectivity index (χ3v) is 5.43. The Kier molecular flexibility index (Phi) is 5.99. The number of likely N-dealkylation sites (N-methyl/N-ethyl adjacent to an activating group) is 1. The van der Waals surface area contributed by atoms with E-state index in [1.165, 1.54) is 16.0 Å². The van der Waals surface area contributed by atoms with Crippen LogP contribution in [0.1, 0.15) is 35.4 Å². The second-order valence-corrected chi connectivity index (χ2v) is 7.39. The Labute approximate surface area is 140 Å². The Morgan fingerprint density at radius 2 is 2.10 bits per heavy atom. The molecule has 0 fully saturated rings. The molecule has 2 aromatic rings. The predicted molar refractivity (Wildman–Crippen MR) is 95.7 cm³/mol. The zero-order chi connectivity index (χ0) is 15.4. The second kappa shape index (κ2) is 7.54. The second-order valence-electron chi connectivity index (χ2n) is 5.53. The van der Waals surface area contributed by atoms with E-state index in [9.17, 15) is 0 Å². The van der Waals surface area contributed by atoms with Crippen LogP contribution in [0.15, 0.2) is 40.2 Å². The van der Waals surface area contributed by atoms with E-state index in [2.05, 4.69) is 77.4 Å². The molecule has 0 aliphatic heterocycles. The smallest absolute Gasteiger partial charge is 0.0596 e. The maximum absolute atomic E-state index is 6.42. The lowest BCUT2D eigenvalue weighted by molar-refractivity contribution is 0.204. The summed E-state index contributed by atoms with van der Waals surface area (Å²) in [5, 5.41) is 2.16. The van der Waals surface area contributed by atoms with Crippen molar-refractivity contribution in [3.63, 3.8) is 0 Å². The summed E-state index contributed by atoms with van der Waals surface area (Å²) in [6, 6.07) is 11.1. The molecule has 114 valence electrons. The average Bonchev–Trinajstić information content (AvgIpc) is 2.85. The standard InChI is InChI=1S/C17H23BrN2S/c1-4-15(19)16(17-12(2)8-9-21-17)20(3)11-13-6-5-7-14(18)10-13/h5-10,15-16H,4,11,19H2,1-3H3. The third-order valence-electron chi connectivity index (χ3n) is 3.84. The number of thiophene rings is 1. The van der Waals surface area contributed by atoms with E-state index < -0.39 is 0 Å². The van der Waals surface area contributed by atoms with Gasteiger partial charge >= 0.3 is 0 Å². The number of aryl methyl sites for hydroxylation is 1. The molecular formula is C17H23BrN2S. The topological polar surface area (TPSA) is 29.3 Å². The van der Waals surface area contributed by atoms with Gasteiger partial charge in [-0.25, -0.2) is 0 Å². The normalized spacial score (nSPS) is 14.4. The number of nitrogens with two attached hydrogens (primary N) is 1. The fourth-order valence-corrected chi connectivity index (χ4v) is 4.27. The number of hydrogen-bond donors (Lipinski definition) is 1. The zero-order valence-corrected chi connectivity index (χ0v) is 15.2. The lowest BCUT2D eigenvalue weighted by Crippen LogP contribution is -2.38. The van der Waals surface area contributed by atoms with Gasteiger partial charge in [-0.05, 0) is 55.1 Å². The molecule has 2 nitrogen and oxygen atoms in total. The van der Waals surface area contributed by atoms with Crippen LogP contribution >= 0.6 is 27.3 Å². The number of nitrogens with zero attached hydrogens (tertiary/aromatic N) is 1. The molecule has 0 aliphatic rings. The van der Waals surface area contributed by atoms with Gasteiger partial charge in [0.05, 0.1) is 6.04 Å². The summed E-state index contributed by atoms with van der Waals surface area (Å²) in [5.74, 6) is 0. The molecule has 0 saturated heterocycles. The SMILES string of the molecule is CCC(N)C(c1sccc1C)N(C)Cc1cccc(Br)c1. The van der Waals surface area contributed by atoms with Gasteiger partial charge in [0, 0.05) is 21.9 Å². The molecule has 1 heterocycles. The number of hydrogen-bond acceptors (Lipinski definition) is 3. The minimum absolute atomic E-state index is 0.152. The van der Waals surface area contributed by atoms with Crippen molar-refractivity contribution in [1.29, 1.82) is 0 Å².